The molecule has 0 bridgehead atoms. The first-order valence-corrected chi connectivity index (χ1v) is 7.84. The highest BCUT2D eigenvalue weighted by Crippen LogP contribution is 2.34. The Balaban J connectivity index is 2.53. The van der Waals surface area contributed by atoms with Crippen LogP contribution < -0.4 is 5.32 Å². The van der Waals surface area contributed by atoms with Gasteiger partial charge in [0.25, 0.3) is 0 Å². The maximum absolute atomic E-state index is 13.0. The van der Waals surface area contributed by atoms with E-state index in [0.717, 1.165) is 17.7 Å². The largest absolute Gasteiger partial charge is 0.481 e. The standard InChI is InChI=1S/C19H18F3NO3/c1-11-3-4-13(7-14(11)9-18(25)26)17-6-5-16(19(20,21)22)8-15(17)10-23-12(2)24/h3-8H,9-10H2,1-2H3,(H,23,24)(H,25,26). The van der Waals surface area contributed by atoms with Gasteiger partial charge in [0.05, 0.1) is 12.0 Å². The zero-order chi connectivity index (χ0) is 19.5. The van der Waals surface area contributed by atoms with Gasteiger partial charge in [0.15, 0.2) is 0 Å². The third kappa shape index (κ3) is 4.84. The molecule has 0 saturated heterocycles. The minimum absolute atomic E-state index is 0.0588. The van der Waals surface area contributed by atoms with Crippen LogP contribution in [0.1, 0.15) is 29.2 Å². The monoisotopic (exact) mass is 365 g/mol. The second-order valence-corrected chi connectivity index (χ2v) is 5.99. The van der Waals surface area contributed by atoms with Gasteiger partial charge in [0.1, 0.15) is 0 Å². The number of carboxylic acids is 1. The number of hydrogen-bond donors (Lipinski definition) is 2. The van der Waals surface area contributed by atoms with E-state index in [9.17, 15) is 22.8 Å². The zero-order valence-electron chi connectivity index (χ0n) is 14.3. The summed E-state index contributed by atoms with van der Waals surface area (Å²) in [5, 5.41) is 11.5. The number of carbonyl (C=O) groups excluding carboxylic acids is 1. The third-order valence-electron chi connectivity index (χ3n) is 3.96. The zero-order valence-corrected chi connectivity index (χ0v) is 14.3. The van der Waals surface area contributed by atoms with Gasteiger partial charge in [-0.2, -0.15) is 13.2 Å². The van der Waals surface area contributed by atoms with Gasteiger partial charge in [-0.25, -0.2) is 0 Å². The van der Waals surface area contributed by atoms with E-state index in [1.165, 1.54) is 13.0 Å². The molecular formula is C19H18F3NO3. The van der Waals surface area contributed by atoms with E-state index in [0.29, 0.717) is 22.3 Å². The van der Waals surface area contributed by atoms with Crippen LogP contribution in [0.5, 0.6) is 0 Å². The van der Waals surface area contributed by atoms with Crippen molar-refractivity contribution in [1.82, 2.24) is 5.32 Å². The van der Waals surface area contributed by atoms with E-state index in [-0.39, 0.29) is 18.9 Å². The van der Waals surface area contributed by atoms with Crippen molar-refractivity contribution in [3.8, 4) is 11.1 Å². The first kappa shape index (κ1) is 19.5. The Bertz CT molecular complexity index is 844. The minimum atomic E-state index is -4.49. The summed E-state index contributed by atoms with van der Waals surface area (Å²) in [6.07, 6.45) is -4.67. The van der Waals surface area contributed by atoms with E-state index in [1.807, 2.05) is 0 Å². The summed E-state index contributed by atoms with van der Waals surface area (Å²) in [6.45, 7) is 2.99. The molecule has 7 heteroatoms. The number of amides is 1. The van der Waals surface area contributed by atoms with Crippen molar-refractivity contribution < 1.29 is 27.9 Å². The highest BCUT2D eigenvalue weighted by molar-refractivity contribution is 5.75. The Kier molecular flexibility index (Phi) is 5.69. The lowest BCUT2D eigenvalue weighted by molar-refractivity contribution is -0.138. The van der Waals surface area contributed by atoms with Gasteiger partial charge >= 0.3 is 12.1 Å². The van der Waals surface area contributed by atoms with Gasteiger partial charge in [-0.15, -0.1) is 0 Å². The molecule has 0 radical (unpaired) electrons. The van der Waals surface area contributed by atoms with Gasteiger partial charge < -0.3 is 10.4 Å². The molecule has 2 aromatic rings. The molecule has 0 atom stereocenters. The van der Waals surface area contributed by atoms with Crippen LogP contribution in [0, 0.1) is 6.92 Å². The number of benzene rings is 2. The number of hydrogen-bond acceptors (Lipinski definition) is 2. The van der Waals surface area contributed by atoms with Crippen molar-refractivity contribution in [2.24, 2.45) is 0 Å². The van der Waals surface area contributed by atoms with Gasteiger partial charge in [-0.05, 0) is 46.9 Å². The summed E-state index contributed by atoms with van der Waals surface area (Å²) in [6, 6.07) is 8.43. The molecule has 2 rings (SSSR count). The van der Waals surface area contributed by atoms with E-state index in [1.54, 1.807) is 25.1 Å². The number of alkyl halides is 3. The fraction of sp³-hybridized carbons (Fsp3) is 0.263. The Morgan fingerprint density at radius 2 is 1.77 bits per heavy atom. The molecule has 0 unspecified atom stereocenters. The van der Waals surface area contributed by atoms with Crippen molar-refractivity contribution in [3.63, 3.8) is 0 Å². The number of aryl methyl sites for hydroxylation is 1. The molecule has 138 valence electrons. The summed E-state index contributed by atoms with van der Waals surface area (Å²) in [5.41, 5.74) is 1.98. The topological polar surface area (TPSA) is 66.4 Å². The maximum atomic E-state index is 13.0. The van der Waals surface area contributed by atoms with E-state index in [2.05, 4.69) is 5.32 Å². The Morgan fingerprint density at radius 3 is 2.35 bits per heavy atom. The van der Waals surface area contributed by atoms with Crippen molar-refractivity contribution in [2.45, 2.75) is 33.0 Å². The second kappa shape index (κ2) is 7.59. The van der Waals surface area contributed by atoms with Gasteiger partial charge in [-0.3, -0.25) is 9.59 Å². The lowest BCUT2D eigenvalue weighted by Gasteiger charge is -2.15. The summed E-state index contributed by atoms with van der Waals surface area (Å²) in [7, 11) is 0. The molecule has 1 amide bonds. The summed E-state index contributed by atoms with van der Waals surface area (Å²) in [5.74, 6) is -1.35. The molecule has 26 heavy (non-hydrogen) atoms. The molecule has 0 fully saturated rings. The fourth-order valence-corrected chi connectivity index (χ4v) is 2.61. The number of aliphatic carboxylic acids is 1. The molecule has 2 N–H and O–H groups in total. The molecule has 0 aliphatic carbocycles. The molecule has 2 aromatic carbocycles. The van der Waals surface area contributed by atoms with Crippen LogP contribution in [-0.4, -0.2) is 17.0 Å². The number of carbonyl (C=O) groups is 2. The summed E-state index contributed by atoms with van der Waals surface area (Å²) in [4.78, 5) is 22.2. The molecule has 0 heterocycles. The Labute approximate surface area is 148 Å². The first-order valence-electron chi connectivity index (χ1n) is 7.84. The van der Waals surface area contributed by atoms with Crippen LogP contribution in [0.4, 0.5) is 13.2 Å². The van der Waals surface area contributed by atoms with Crippen LogP contribution in [0.3, 0.4) is 0 Å². The van der Waals surface area contributed by atoms with Crippen LogP contribution in [0.2, 0.25) is 0 Å². The SMILES string of the molecule is CC(=O)NCc1cc(C(F)(F)F)ccc1-c1ccc(C)c(CC(=O)O)c1. The van der Waals surface area contributed by atoms with E-state index < -0.39 is 17.7 Å². The minimum Gasteiger partial charge on any atom is -0.481 e. The smallest absolute Gasteiger partial charge is 0.416 e. The highest BCUT2D eigenvalue weighted by atomic mass is 19.4. The molecule has 0 aliphatic rings. The summed E-state index contributed by atoms with van der Waals surface area (Å²) >= 11 is 0. The number of carboxylic acid groups (broad SMARTS) is 1. The summed E-state index contributed by atoms with van der Waals surface area (Å²) < 4.78 is 39.0. The highest BCUT2D eigenvalue weighted by Gasteiger charge is 2.31. The Morgan fingerprint density at radius 1 is 1.08 bits per heavy atom. The predicted octanol–water partition coefficient (Wildman–Crippen LogP) is 3.94. The van der Waals surface area contributed by atoms with Crippen molar-refractivity contribution in [1.29, 1.82) is 0 Å². The number of rotatable bonds is 5. The first-order chi connectivity index (χ1) is 12.1. The lowest BCUT2D eigenvalue weighted by Crippen LogP contribution is -2.20. The average molecular weight is 365 g/mol. The predicted molar refractivity (Wildman–Crippen MR) is 90.5 cm³/mol. The lowest BCUT2D eigenvalue weighted by atomic mass is 9.93. The molecule has 0 spiro atoms. The molecule has 0 aromatic heterocycles. The molecular weight excluding hydrogens is 347 g/mol. The van der Waals surface area contributed by atoms with Gasteiger partial charge in [0, 0.05) is 13.5 Å². The normalized spacial score (nSPS) is 11.3. The van der Waals surface area contributed by atoms with E-state index >= 15 is 0 Å². The Hall–Kier alpha value is -2.83. The molecule has 0 saturated carbocycles. The van der Waals surface area contributed by atoms with Crippen LogP contribution in [0.15, 0.2) is 36.4 Å². The van der Waals surface area contributed by atoms with Crippen molar-refractivity contribution in [2.75, 3.05) is 0 Å². The fourth-order valence-electron chi connectivity index (χ4n) is 2.61. The van der Waals surface area contributed by atoms with Crippen molar-refractivity contribution >= 4 is 11.9 Å². The van der Waals surface area contributed by atoms with Crippen LogP contribution >= 0.6 is 0 Å². The molecule has 0 aliphatic heterocycles. The maximum Gasteiger partial charge on any atom is 0.416 e. The van der Waals surface area contributed by atoms with Crippen LogP contribution in [0.25, 0.3) is 11.1 Å². The second-order valence-electron chi connectivity index (χ2n) is 5.99. The number of halogens is 3. The average Bonchev–Trinajstić information content (AvgIpc) is 2.53. The van der Waals surface area contributed by atoms with Gasteiger partial charge in [-0.1, -0.05) is 24.3 Å². The number of nitrogens with one attached hydrogen (secondary N) is 1. The third-order valence-corrected chi connectivity index (χ3v) is 3.96. The quantitative estimate of drug-likeness (QED) is 0.843. The van der Waals surface area contributed by atoms with Crippen molar-refractivity contribution in [3.05, 3.63) is 58.7 Å². The van der Waals surface area contributed by atoms with E-state index in [4.69, 9.17) is 5.11 Å². The van der Waals surface area contributed by atoms with Gasteiger partial charge in [0.2, 0.25) is 5.91 Å². The van der Waals surface area contributed by atoms with Crippen LogP contribution in [-0.2, 0) is 28.7 Å². The molecule has 4 nitrogen and oxygen atoms in total.